The molecule has 0 spiro atoms. The highest BCUT2D eigenvalue weighted by molar-refractivity contribution is 9.10. The maximum Gasteiger partial charge on any atom is 0.274 e. The zero-order valence-electron chi connectivity index (χ0n) is 34.5. The number of rotatable bonds is 6. The first-order valence-electron chi connectivity index (χ1n) is 20.2. The molecular weight excluding hydrogens is 883 g/mol. The molecule has 6 aromatic rings. The van der Waals surface area contributed by atoms with Crippen molar-refractivity contribution in [2.75, 3.05) is 19.6 Å². The molecule has 10 nitrogen and oxygen atoms in total. The minimum atomic E-state index is -0.445. The van der Waals surface area contributed by atoms with Crippen molar-refractivity contribution in [2.24, 2.45) is 15.3 Å². The number of aryl methyl sites for hydroxylation is 1. The van der Waals surface area contributed by atoms with E-state index in [2.05, 4.69) is 42.1 Å². The third kappa shape index (κ3) is 11.3. The molecule has 0 bridgehead atoms. The van der Waals surface area contributed by atoms with Crippen LogP contribution in [-0.4, -0.2) is 69.5 Å². The Balaban J connectivity index is 0.000000144. The Hall–Kier alpha value is -7.50. The Morgan fingerprint density at radius 1 is 0.516 bits per heavy atom. The van der Waals surface area contributed by atoms with Gasteiger partial charge in [0.25, 0.3) is 17.7 Å². The molecule has 0 radical (unpaired) electrons. The standard InChI is InChI=1S/C17H12FN3O.C17H15FN2O.C16H12BrFN2O/c1-19-15-7-3-4-12(11-15)16-8-9-21(20-16)17(22)13-5-2-6-14(18)10-13;1-12-4-2-5-13(10-12)16-8-9-20(19-16)17(21)14-6-3-7-15(18)11-14;17-13-5-1-3-11(9-13)15-7-8-20(19-15)16(21)12-4-2-6-14(18)10-12/h2-7,10-11H,8-9H2;2-7,10-11H,8-9H2,1H3;1-6,9-10H,7-8H2. The fraction of sp³-hybridized carbons (Fsp3) is 0.140. The van der Waals surface area contributed by atoms with E-state index >= 15 is 0 Å². The number of hydrogen-bond donors (Lipinski definition) is 0. The molecule has 64 heavy (non-hydrogen) atoms. The third-order valence-corrected chi connectivity index (χ3v) is 10.6. The fourth-order valence-corrected chi connectivity index (χ4v) is 7.38. The van der Waals surface area contributed by atoms with E-state index in [0.29, 0.717) is 55.7 Å². The first-order chi connectivity index (χ1) is 30.9. The molecule has 3 amide bonds. The summed E-state index contributed by atoms with van der Waals surface area (Å²) in [5.41, 5.74) is 7.98. The van der Waals surface area contributed by atoms with Gasteiger partial charge in [0, 0.05) is 40.4 Å². The molecule has 0 aliphatic carbocycles. The smallest absolute Gasteiger partial charge is 0.267 e. The predicted molar refractivity (Wildman–Crippen MR) is 244 cm³/mol. The summed E-state index contributed by atoms with van der Waals surface area (Å²) in [5, 5.41) is 17.2. The van der Waals surface area contributed by atoms with Crippen molar-refractivity contribution in [1.82, 2.24) is 15.0 Å². The molecule has 9 rings (SSSR count). The SMILES string of the molecule is Cc1cccc(C2=NN(C(=O)c3cccc(F)c3)CC2)c1.O=C(c1cccc(F)c1)N1CCC(c2cccc(Br)c2)=N1.[C-]#[N+]c1cccc(C2=NN(C(=O)c3cccc(F)c3)CC2)c1. The van der Waals surface area contributed by atoms with E-state index in [4.69, 9.17) is 6.57 Å². The molecule has 0 saturated heterocycles. The van der Waals surface area contributed by atoms with Gasteiger partial charge in [-0.2, -0.15) is 15.3 Å². The normalized spacial score (nSPS) is 14.0. The molecule has 0 aromatic heterocycles. The molecule has 3 heterocycles. The summed E-state index contributed by atoms with van der Waals surface area (Å²) in [5.74, 6) is -2.15. The van der Waals surface area contributed by atoms with E-state index < -0.39 is 17.5 Å². The number of hydrazone groups is 3. The van der Waals surface area contributed by atoms with Gasteiger partial charge in [0.2, 0.25) is 0 Å². The summed E-state index contributed by atoms with van der Waals surface area (Å²) in [6.45, 7) is 10.5. The van der Waals surface area contributed by atoms with Gasteiger partial charge >= 0.3 is 0 Å². The molecule has 3 aliphatic rings. The van der Waals surface area contributed by atoms with E-state index in [1.807, 2.05) is 55.5 Å². The maximum atomic E-state index is 13.2. The second-order valence-corrected chi connectivity index (χ2v) is 15.7. The molecular formula is C50H39BrF3N7O3. The first-order valence-corrected chi connectivity index (χ1v) is 21.0. The van der Waals surface area contributed by atoms with Crippen LogP contribution in [0.5, 0.6) is 0 Å². The zero-order valence-corrected chi connectivity index (χ0v) is 36.1. The molecule has 14 heteroatoms. The van der Waals surface area contributed by atoms with Crippen LogP contribution in [-0.2, 0) is 0 Å². The van der Waals surface area contributed by atoms with Crippen molar-refractivity contribution in [3.63, 3.8) is 0 Å². The zero-order chi connectivity index (χ0) is 45.2. The van der Waals surface area contributed by atoms with E-state index in [1.54, 1.807) is 36.4 Å². The van der Waals surface area contributed by atoms with Gasteiger partial charge in [-0.15, -0.1) is 0 Å². The molecule has 0 unspecified atom stereocenters. The molecule has 3 aliphatic heterocycles. The highest BCUT2D eigenvalue weighted by Crippen LogP contribution is 2.23. The number of carbonyl (C=O) groups is 3. The van der Waals surface area contributed by atoms with Gasteiger partial charge in [0.15, 0.2) is 5.69 Å². The van der Waals surface area contributed by atoms with Crippen LogP contribution in [0.4, 0.5) is 18.9 Å². The molecule has 320 valence electrons. The highest BCUT2D eigenvalue weighted by atomic mass is 79.9. The lowest BCUT2D eigenvalue weighted by molar-refractivity contribution is 0.0770. The van der Waals surface area contributed by atoms with Crippen LogP contribution >= 0.6 is 15.9 Å². The number of halogens is 4. The van der Waals surface area contributed by atoms with Crippen LogP contribution in [0.3, 0.4) is 0 Å². The van der Waals surface area contributed by atoms with E-state index in [-0.39, 0.29) is 23.3 Å². The van der Waals surface area contributed by atoms with Gasteiger partial charge in [-0.25, -0.2) is 33.0 Å². The van der Waals surface area contributed by atoms with Crippen LogP contribution in [0.25, 0.3) is 4.85 Å². The second-order valence-electron chi connectivity index (χ2n) is 14.7. The fourth-order valence-electron chi connectivity index (χ4n) is 6.98. The van der Waals surface area contributed by atoms with Crippen molar-refractivity contribution in [1.29, 1.82) is 0 Å². The summed E-state index contributed by atoms with van der Waals surface area (Å²) in [6, 6.07) is 39.9. The topological polar surface area (TPSA) is 102 Å². The van der Waals surface area contributed by atoms with Crippen LogP contribution in [0.15, 0.2) is 165 Å². The first kappa shape index (κ1) is 44.6. The molecule has 6 aromatic carbocycles. The van der Waals surface area contributed by atoms with Gasteiger partial charge in [0.1, 0.15) is 17.5 Å². The maximum absolute atomic E-state index is 13.2. The number of hydrogen-bond acceptors (Lipinski definition) is 6. The predicted octanol–water partition coefficient (Wildman–Crippen LogP) is 10.8. The van der Waals surface area contributed by atoms with Crippen molar-refractivity contribution in [2.45, 2.75) is 26.2 Å². The number of nitrogens with zero attached hydrogens (tertiary/aromatic N) is 7. The lowest BCUT2D eigenvalue weighted by atomic mass is 10.1. The molecule has 0 saturated carbocycles. The Kier molecular flexibility index (Phi) is 14.3. The lowest BCUT2D eigenvalue weighted by Gasteiger charge is -2.11. The molecule has 0 N–H and O–H groups in total. The van der Waals surface area contributed by atoms with Gasteiger partial charge in [0.05, 0.1) is 43.3 Å². The van der Waals surface area contributed by atoms with Crippen LogP contribution in [0, 0.1) is 30.9 Å². The average molecular weight is 923 g/mol. The van der Waals surface area contributed by atoms with E-state index in [1.165, 1.54) is 69.6 Å². The summed E-state index contributed by atoms with van der Waals surface area (Å²) >= 11 is 3.42. The van der Waals surface area contributed by atoms with Crippen molar-refractivity contribution in [3.8, 4) is 0 Å². The van der Waals surface area contributed by atoms with Gasteiger partial charge in [-0.05, 0) is 96.4 Å². The van der Waals surface area contributed by atoms with Gasteiger partial charge in [-0.3, -0.25) is 14.4 Å². The van der Waals surface area contributed by atoms with Crippen LogP contribution < -0.4 is 0 Å². The van der Waals surface area contributed by atoms with Gasteiger partial charge < -0.3 is 0 Å². The summed E-state index contributed by atoms with van der Waals surface area (Å²) < 4.78 is 40.6. The van der Waals surface area contributed by atoms with E-state index in [0.717, 1.165) is 43.9 Å². The Labute approximate surface area is 376 Å². The molecule has 0 fully saturated rings. The monoisotopic (exact) mass is 921 g/mol. The summed E-state index contributed by atoms with van der Waals surface area (Å²) in [7, 11) is 0. The van der Waals surface area contributed by atoms with Crippen molar-refractivity contribution < 1.29 is 27.6 Å². The Morgan fingerprint density at radius 2 is 0.891 bits per heavy atom. The number of amides is 3. The lowest BCUT2D eigenvalue weighted by Crippen LogP contribution is -2.23. The minimum Gasteiger partial charge on any atom is -0.267 e. The molecule has 0 atom stereocenters. The van der Waals surface area contributed by atoms with Crippen LogP contribution in [0.1, 0.15) is 72.6 Å². The Bertz CT molecular complexity index is 2750. The largest absolute Gasteiger partial charge is 0.274 e. The van der Waals surface area contributed by atoms with Crippen molar-refractivity contribution in [3.05, 3.63) is 218 Å². The number of carbonyl (C=O) groups excluding carboxylic acids is 3. The van der Waals surface area contributed by atoms with Gasteiger partial charge in [-0.1, -0.05) is 94.3 Å². The Morgan fingerprint density at radius 3 is 1.28 bits per heavy atom. The summed E-state index contributed by atoms with van der Waals surface area (Å²) in [4.78, 5) is 40.3. The second kappa shape index (κ2) is 20.6. The summed E-state index contributed by atoms with van der Waals surface area (Å²) in [6.07, 6.45) is 2.02. The third-order valence-electron chi connectivity index (χ3n) is 10.1. The quantitative estimate of drug-likeness (QED) is 0.155. The number of benzene rings is 6. The van der Waals surface area contributed by atoms with E-state index in [9.17, 15) is 27.6 Å². The highest BCUT2D eigenvalue weighted by Gasteiger charge is 2.25. The average Bonchev–Trinajstić information content (AvgIpc) is 4.12. The minimum absolute atomic E-state index is 0.267. The van der Waals surface area contributed by atoms with Crippen molar-refractivity contribution >= 4 is 56.5 Å². The van der Waals surface area contributed by atoms with Crippen LogP contribution in [0.2, 0.25) is 0 Å².